The van der Waals surface area contributed by atoms with Crippen LogP contribution >= 0.6 is 0 Å². The van der Waals surface area contributed by atoms with E-state index in [9.17, 15) is 0 Å². The molecular formula is C15H20N4. The van der Waals surface area contributed by atoms with Crippen LogP contribution in [-0.2, 0) is 13.0 Å². The summed E-state index contributed by atoms with van der Waals surface area (Å²) in [5.74, 6) is 1.05. The fourth-order valence-corrected chi connectivity index (χ4v) is 2.05. The van der Waals surface area contributed by atoms with E-state index in [2.05, 4.69) is 45.4 Å². The molecule has 0 aromatic carbocycles. The van der Waals surface area contributed by atoms with Crippen molar-refractivity contribution >= 4 is 5.82 Å². The third-order valence-corrected chi connectivity index (χ3v) is 3.08. The molecule has 0 radical (unpaired) electrons. The Morgan fingerprint density at radius 3 is 2.68 bits per heavy atom. The quantitative estimate of drug-likeness (QED) is 0.856. The largest absolute Gasteiger partial charge is 0.359 e. The molecule has 2 aromatic rings. The Labute approximate surface area is 114 Å². The predicted octanol–water partition coefficient (Wildman–Crippen LogP) is 1.87. The van der Waals surface area contributed by atoms with E-state index in [0.29, 0.717) is 0 Å². The SMILES string of the molecule is CNCc1cccnc1N(C)CCc1ccncc1. The highest BCUT2D eigenvalue weighted by Crippen LogP contribution is 2.15. The highest BCUT2D eigenvalue weighted by molar-refractivity contribution is 5.46. The van der Waals surface area contributed by atoms with Crippen molar-refractivity contribution in [1.29, 1.82) is 0 Å². The summed E-state index contributed by atoms with van der Waals surface area (Å²) in [6, 6.07) is 8.20. The lowest BCUT2D eigenvalue weighted by Gasteiger charge is -2.21. The average Bonchev–Trinajstić information content (AvgIpc) is 2.47. The number of likely N-dealkylation sites (N-methyl/N-ethyl adjacent to an activating group) is 1. The third-order valence-electron chi connectivity index (χ3n) is 3.08. The summed E-state index contributed by atoms with van der Waals surface area (Å²) in [5.41, 5.74) is 2.52. The minimum absolute atomic E-state index is 0.836. The molecule has 0 fully saturated rings. The average molecular weight is 256 g/mol. The second-order valence-corrected chi connectivity index (χ2v) is 4.54. The molecular weight excluding hydrogens is 236 g/mol. The number of nitrogens with zero attached hydrogens (tertiary/aromatic N) is 3. The summed E-state index contributed by atoms with van der Waals surface area (Å²) < 4.78 is 0. The van der Waals surface area contributed by atoms with Crippen LogP contribution in [0.15, 0.2) is 42.9 Å². The molecule has 2 heterocycles. The Balaban J connectivity index is 2.01. The van der Waals surface area contributed by atoms with Crippen LogP contribution in [0.1, 0.15) is 11.1 Å². The zero-order valence-corrected chi connectivity index (χ0v) is 11.5. The van der Waals surface area contributed by atoms with E-state index >= 15 is 0 Å². The van der Waals surface area contributed by atoms with Crippen molar-refractivity contribution in [2.75, 3.05) is 25.5 Å². The molecule has 4 heteroatoms. The van der Waals surface area contributed by atoms with Crippen molar-refractivity contribution in [1.82, 2.24) is 15.3 Å². The van der Waals surface area contributed by atoms with Gasteiger partial charge in [0.05, 0.1) is 0 Å². The van der Waals surface area contributed by atoms with Crippen molar-refractivity contribution in [3.05, 3.63) is 54.0 Å². The Hall–Kier alpha value is -1.94. The Bertz CT molecular complexity index is 499. The number of hydrogen-bond donors (Lipinski definition) is 1. The first-order chi connectivity index (χ1) is 9.31. The van der Waals surface area contributed by atoms with Gasteiger partial charge in [0, 0.05) is 44.3 Å². The Morgan fingerprint density at radius 2 is 1.95 bits per heavy atom. The van der Waals surface area contributed by atoms with Crippen LogP contribution in [0.25, 0.3) is 0 Å². The second kappa shape index (κ2) is 6.85. The number of pyridine rings is 2. The van der Waals surface area contributed by atoms with Crippen LogP contribution in [0.5, 0.6) is 0 Å². The van der Waals surface area contributed by atoms with Crippen molar-refractivity contribution in [3.63, 3.8) is 0 Å². The lowest BCUT2D eigenvalue weighted by molar-refractivity contribution is 0.790. The lowest BCUT2D eigenvalue weighted by Crippen LogP contribution is -2.23. The van der Waals surface area contributed by atoms with Gasteiger partial charge in [0.1, 0.15) is 5.82 Å². The smallest absolute Gasteiger partial charge is 0.132 e. The first kappa shape index (κ1) is 13.5. The van der Waals surface area contributed by atoms with Gasteiger partial charge in [-0.05, 0) is 37.2 Å². The Morgan fingerprint density at radius 1 is 1.16 bits per heavy atom. The molecule has 2 aromatic heterocycles. The number of nitrogens with one attached hydrogen (secondary N) is 1. The van der Waals surface area contributed by atoms with Crippen molar-refractivity contribution in [2.45, 2.75) is 13.0 Å². The fourth-order valence-electron chi connectivity index (χ4n) is 2.05. The van der Waals surface area contributed by atoms with Gasteiger partial charge in [-0.1, -0.05) is 6.07 Å². The zero-order chi connectivity index (χ0) is 13.5. The van der Waals surface area contributed by atoms with E-state index in [1.54, 1.807) is 0 Å². The summed E-state index contributed by atoms with van der Waals surface area (Å²) in [4.78, 5) is 10.7. The van der Waals surface area contributed by atoms with Crippen molar-refractivity contribution < 1.29 is 0 Å². The van der Waals surface area contributed by atoms with Crippen LogP contribution < -0.4 is 10.2 Å². The summed E-state index contributed by atoms with van der Waals surface area (Å²) in [6.07, 6.45) is 6.51. The maximum Gasteiger partial charge on any atom is 0.132 e. The first-order valence-corrected chi connectivity index (χ1v) is 6.50. The van der Waals surface area contributed by atoms with Crippen LogP contribution in [0.3, 0.4) is 0 Å². The molecule has 0 amide bonds. The van der Waals surface area contributed by atoms with Gasteiger partial charge < -0.3 is 10.2 Å². The standard InChI is InChI=1S/C15H20N4/c1-16-12-14-4-3-8-18-15(14)19(2)11-7-13-5-9-17-10-6-13/h3-6,8-10,16H,7,11-12H2,1-2H3. The van der Waals surface area contributed by atoms with Gasteiger partial charge >= 0.3 is 0 Å². The number of anilines is 1. The molecule has 4 nitrogen and oxygen atoms in total. The van der Waals surface area contributed by atoms with Gasteiger partial charge in [-0.2, -0.15) is 0 Å². The molecule has 0 aliphatic carbocycles. The minimum Gasteiger partial charge on any atom is -0.359 e. The molecule has 0 spiro atoms. The number of hydrogen-bond acceptors (Lipinski definition) is 4. The second-order valence-electron chi connectivity index (χ2n) is 4.54. The monoisotopic (exact) mass is 256 g/mol. The maximum atomic E-state index is 4.48. The number of rotatable bonds is 6. The van der Waals surface area contributed by atoms with Crippen molar-refractivity contribution in [3.8, 4) is 0 Å². The van der Waals surface area contributed by atoms with E-state index in [-0.39, 0.29) is 0 Å². The fraction of sp³-hybridized carbons (Fsp3) is 0.333. The number of aromatic nitrogens is 2. The lowest BCUT2D eigenvalue weighted by atomic mass is 10.2. The molecule has 0 saturated heterocycles. The van der Waals surface area contributed by atoms with Gasteiger partial charge in [0.25, 0.3) is 0 Å². The van der Waals surface area contributed by atoms with Gasteiger partial charge in [-0.3, -0.25) is 4.98 Å². The molecule has 0 bridgehead atoms. The molecule has 100 valence electrons. The third kappa shape index (κ3) is 3.76. The van der Waals surface area contributed by atoms with Gasteiger partial charge in [-0.25, -0.2) is 4.98 Å². The van der Waals surface area contributed by atoms with Crippen LogP contribution in [-0.4, -0.2) is 30.6 Å². The Kier molecular flexibility index (Phi) is 4.86. The van der Waals surface area contributed by atoms with E-state index < -0.39 is 0 Å². The van der Waals surface area contributed by atoms with E-state index in [0.717, 1.165) is 25.3 Å². The molecule has 2 rings (SSSR count). The van der Waals surface area contributed by atoms with Gasteiger partial charge in [0.15, 0.2) is 0 Å². The predicted molar refractivity (Wildman–Crippen MR) is 78.2 cm³/mol. The summed E-state index contributed by atoms with van der Waals surface area (Å²) in [6.45, 7) is 1.78. The van der Waals surface area contributed by atoms with E-state index in [4.69, 9.17) is 0 Å². The molecule has 0 aliphatic rings. The molecule has 0 atom stereocenters. The molecule has 0 saturated carbocycles. The first-order valence-electron chi connectivity index (χ1n) is 6.50. The molecule has 0 unspecified atom stereocenters. The zero-order valence-electron chi connectivity index (χ0n) is 11.5. The summed E-state index contributed by atoms with van der Waals surface area (Å²) in [5, 5.41) is 3.18. The van der Waals surface area contributed by atoms with E-state index in [1.165, 1.54) is 11.1 Å². The van der Waals surface area contributed by atoms with Crippen LogP contribution in [0.2, 0.25) is 0 Å². The van der Waals surface area contributed by atoms with Crippen LogP contribution in [0.4, 0.5) is 5.82 Å². The molecule has 0 aliphatic heterocycles. The van der Waals surface area contributed by atoms with E-state index in [1.807, 2.05) is 31.7 Å². The highest BCUT2D eigenvalue weighted by atomic mass is 15.2. The molecule has 19 heavy (non-hydrogen) atoms. The minimum atomic E-state index is 0.836. The van der Waals surface area contributed by atoms with Crippen LogP contribution in [0, 0.1) is 0 Å². The normalized spacial score (nSPS) is 10.4. The topological polar surface area (TPSA) is 41.1 Å². The van der Waals surface area contributed by atoms with Gasteiger partial charge in [0.2, 0.25) is 0 Å². The molecule has 1 N–H and O–H groups in total. The highest BCUT2D eigenvalue weighted by Gasteiger charge is 2.07. The van der Waals surface area contributed by atoms with Gasteiger partial charge in [-0.15, -0.1) is 0 Å². The maximum absolute atomic E-state index is 4.48. The van der Waals surface area contributed by atoms with Crippen molar-refractivity contribution in [2.24, 2.45) is 0 Å². The summed E-state index contributed by atoms with van der Waals surface area (Å²) in [7, 11) is 4.04. The summed E-state index contributed by atoms with van der Waals surface area (Å²) >= 11 is 0.